The third kappa shape index (κ3) is 2.39. The summed E-state index contributed by atoms with van der Waals surface area (Å²) < 4.78 is 5.59. The number of alkyl halides is 1. The number of nitrogens with one attached hydrogen (secondary N) is 1. The molecule has 4 unspecified atom stereocenters. The number of halogens is 1. The van der Waals surface area contributed by atoms with Crippen molar-refractivity contribution in [2.24, 2.45) is 11.8 Å². The van der Waals surface area contributed by atoms with Crippen LogP contribution in [0.3, 0.4) is 0 Å². The summed E-state index contributed by atoms with van der Waals surface area (Å²) in [6.45, 7) is 6.55. The van der Waals surface area contributed by atoms with E-state index in [0.29, 0.717) is 12.4 Å². The fraction of sp³-hybridized carbons (Fsp3) is 0.900. The van der Waals surface area contributed by atoms with Crippen LogP contribution in [0.1, 0.15) is 20.8 Å². The molecule has 0 saturated carbocycles. The molecule has 1 fully saturated rings. The molecular weight excluding hydrogens is 202 g/mol. The number of amides is 1. The van der Waals surface area contributed by atoms with Crippen LogP contribution in [0.4, 0.5) is 0 Å². The normalized spacial score (nSPS) is 37.1. The molecule has 0 aromatic rings. The Kier molecular flexibility index (Phi) is 4.20. The van der Waals surface area contributed by atoms with Gasteiger partial charge < -0.3 is 10.1 Å². The monoisotopic (exact) mass is 219 g/mol. The molecule has 0 aromatic heterocycles. The molecule has 1 saturated heterocycles. The lowest BCUT2D eigenvalue weighted by Crippen LogP contribution is -2.38. The van der Waals surface area contributed by atoms with E-state index in [1.54, 1.807) is 0 Å². The van der Waals surface area contributed by atoms with Crippen LogP contribution in [0.25, 0.3) is 0 Å². The van der Waals surface area contributed by atoms with Gasteiger partial charge in [-0.05, 0) is 19.8 Å². The molecule has 82 valence electrons. The van der Waals surface area contributed by atoms with Crippen LogP contribution in [0.5, 0.6) is 0 Å². The summed E-state index contributed by atoms with van der Waals surface area (Å²) >= 11 is 5.51. The maximum absolute atomic E-state index is 11.7. The van der Waals surface area contributed by atoms with Gasteiger partial charge in [-0.25, -0.2) is 0 Å². The SMILES string of the molecule is CC1OC(C)C(C(=O)NCCCl)C1C. The fourth-order valence-corrected chi connectivity index (χ4v) is 2.10. The summed E-state index contributed by atoms with van der Waals surface area (Å²) in [7, 11) is 0. The standard InChI is InChI=1S/C10H18ClNO2/c1-6-7(2)14-8(3)9(6)10(13)12-5-4-11/h6-9H,4-5H2,1-3H3,(H,12,13). The van der Waals surface area contributed by atoms with Crippen molar-refractivity contribution in [1.82, 2.24) is 5.32 Å². The van der Waals surface area contributed by atoms with Gasteiger partial charge in [-0.3, -0.25) is 4.79 Å². The van der Waals surface area contributed by atoms with Crippen molar-refractivity contribution in [2.45, 2.75) is 33.0 Å². The average molecular weight is 220 g/mol. The number of hydrogen-bond donors (Lipinski definition) is 1. The van der Waals surface area contributed by atoms with E-state index < -0.39 is 0 Å². The van der Waals surface area contributed by atoms with E-state index in [1.165, 1.54) is 0 Å². The van der Waals surface area contributed by atoms with Gasteiger partial charge in [0.1, 0.15) is 0 Å². The van der Waals surface area contributed by atoms with E-state index >= 15 is 0 Å². The molecule has 4 atom stereocenters. The zero-order valence-electron chi connectivity index (χ0n) is 8.92. The number of carbonyl (C=O) groups excluding carboxylic acids is 1. The second-order valence-electron chi connectivity index (χ2n) is 3.91. The number of rotatable bonds is 3. The number of ether oxygens (including phenoxy) is 1. The summed E-state index contributed by atoms with van der Waals surface area (Å²) in [5, 5.41) is 2.80. The second kappa shape index (κ2) is 4.99. The maximum atomic E-state index is 11.7. The van der Waals surface area contributed by atoms with Crippen molar-refractivity contribution >= 4 is 17.5 Å². The molecule has 0 aliphatic carbocycles. The molecular formula is C10H18ClNO2. The largest absolute Gasteiger partial charge is 0.374 e. The van der Waals surface area contributed by atoms with Crippen molar-refractivity contribution in [3.05, 3.63) is 0 Å². The molecule has 1 rings (SSSR count). The molecule has 1 amide bonds. The van der Waals surface area contributed by atoms with Crippen molar-refractivity contribution in [2.75, 3.05) is 12.4 Å². The Labute approximate surface area is 90.1 Å². The summed E-state index contributed by atoms with van der Waals surface area (Å²) in [4.78, 5) is 11.7. The summed E-state index contributed by atoms with van der Waals surface area (Å²) in [5.74, 6) is 0.765. The molecule has 3 nitrogen and oxygen atoms in total. The fourth-order valence-electron chi connectivity index (χ4n) is 2.01. The summed E-state index contributed by atoms with van der Waals surface area (Å²) in [6, 6.07) is 0. The lowest BCUT2D eigenvalue weighted by molar-refractivity contribution is -0.127. The Bertz CT molecular complexity index is 210. The van der Waals surface area contributed by atoms with Crippen LogP contribution in [0.2, 0.25) is 0 Å². The van der Waals surface area contributed by atoms with E-state index in [0.717, 1.165) is 0 Å². The van der Waals surface area contributed by atoms with E-state index in [1.807, 2.05) is 13.8 Å². The van der Waals surface area contributed by atoms with Crippen LogP contribution in [0, 0.1) is 11.8 Å². The molecule has 0 radical (unpaired) electrons. The minimum atomic E-state index is -0.0341. The van der Waals surface area contributed by atoms with Gasteiger partial charge in [-0.1, -0.05) is 6.92 Å². The molecule has 1 heterocycles. The van der Waals surface area contributed by atoms with Crippen LogP contribution < -0.4 is 5.32 Å². The van der Waals surface area contributed by atoms with Gasteiger partial charge in [0.25, 0.3) is 0 Å². The van der Waals surface area contributed by atoms with E-state index in [-0.39, 0.29) is 30.0 Å². The highest BCUT2D eigenvalue weighted by Gasteiger charge is 2.41. The van der Waals surface area contributed by atoms with Gasteiger partial charge in [-0.2, -0.15) is 0 Å². The van der Waals surface area contributed by atoms with Crippen LogP contribution >= 0.6 is 11.6 Å². The highest BCUT2D eigenvalue weighted by molar-refractivity contribution is 6.18. The predicted molar refractivity (Wildman–Crippen MR) is 56.4 cm³/mol. The van der Waals surface area contributed by atoms with Crippen molar-refractivity contribution < 1.29 is 9.53 Å². The third-order valence-electron chi connectivity index (χ3n) is 2.94. The Morgan fingerprint density at radius 3 is 2.43 bits per heavy atom. The third-order valence-corrected chi connectivity index (χ3v) is 3.13. The second-order valence-corrected chi connectivity index (χ2v) is 4.29. The van der Waals surface area contributed by atoms with Gasteiger partial charge in [-0.15, -0.1) is 11.6 Å². The molecule has 1 aliphatic rings. The minimum absolute atomic E-state index is 0.00956. The van der Waals surface area contributed by atoms with Crippen LogP contribution in [-0.2, 0) is 9.53 Å². The van der Waals surface area contributed by atoms with E-state index in [4.69, 9.17) is 16.3 Å². The highest BCUT2D eigenvalue weighted by Crippen LogP contribution is 2.31. The first-order chi connectivity index (χ1) is 6.57. The number of hydrogen-bond acceptors (Lipinski definition) is 2. The number of carbonyl (C=O) groups is 1. The van der Waals surface area contributed by atoms with Gasteiger partial charge in [0.15, 0.2) is 0 Å². The lowest BCUT2D eigenvalue weighted by atomic mass is 9.89. The van der Waals surface area contributed by atoms with Crippen LogP contribution in [0.15, 0.2) is 0 Å². The van der Waals surface area contributed by atoms with E-state index in [2.05, 4.69) is 12.2 Å². The van der Waals surface area contributed by atoms with Gasteiger partial charge in [0.05, 0.1) is 18.1 Å². The Morgan fingerprint density at radius 2 is 2.00 bits per heavy atom. The average Bonchev–Trinajstić information content (AvgIpc) is 2.38. The Morgan fingerprint density at radius 1 is 1.36 bits per heavy atom. The smallest absolute Gasteiger partial charge is 0.226 e. The molecule has 4 heteroatoms. The summed E-state index contributed by atoms with van der Waals surface area (Å²) in [6.07, 6.45) is 0.173. The van der Waals surface area contributed by atoms with Crippen molar-refractivity contribution in [3.8, 4) is 0 Å². The predicted octanol–water partition coefficient (Wildman–Crippen LogP) is 1.40. The maximum Gasteiger partial charge on any atom is 0.226 e. The van der Waals surface area contributed by atoms with Crippen molar-refractivity contribution in [1.29, 1.82) is 0 Å². The quantitative estimate of drug-likeness (QED) is 0.729. The first kappa shape index (κ1) is 11.8. The Balaban J connectivity index is 2.53. The molecule has 0 bridgehead atoms. The van der Waals surface area contributed by atoms with Gasteiger partial charge >= 0.3 is 0 Å². The first-order valence-corrected chi connectivity index (χ1v) is 5.60. The first-order valence-electron chi connectivity index (χ1n) is 5.07. The van der Waals surface area contributed by atoms with Gasteiger partial charge in [0.2, 0.25) is 5.91 Å². The summed E-state index contributed by atoms with van der Waals surface area (Å²) in [5.41, 5.74) is 0. The van der Waals surface area contributed by atoms with E-state index in [9.17, 15) is 4.79 Å². The Hall–Kier alpha value is -0.280. The lowest BCUT2D eigenvalue weighted by Gasteiger charge is -2.17. The van der Waals surface area contributed by atoms with Crippen LogP contribution in [-0.4, -0.2) is 30.5 Å². The van der Waals surface area contributed by atoms with Crippen molar-refractivity contribution in [3.63, 3.8) is 0 Å². The topological polar surface area (TPSA) is 38.3 Å². The zero-order chi connectivity index (χ0) is 10.7. The molecule has 14 heavy (non-hydrogen) atoms. The molecule has 1 N–H and O–H groups in total. The molecule has 0 spiro atoms. The zero-order valence-corrected chi connectivity index (χ0v) is 9.67. The molecule has 1 aliphatic heterocycles. The highest BCUT2D eigenvalue weighted by atomic mass is 35.5. The minimum Gasteiger partial charge on any atom is -0.374 e. The van der Waals surface area contributed by atoms with Gasteiger partial charge in [0, 0.05) is 12.4 Å². The molecule has 0 aromatic carbocycles.